The summed E-state index contributed by atoms with van der Waals surface area (Å²) in [7, 11) is 0. The molecule has 0 fully saturated rings. The first-order valence-corrected chi connectivity index (χ1v) is 18.9. The predicted molar refractivity (Wildman–Crippen MR) is 233 cm³/mol. The second-order valence-electron chi connectivity index (χ2n) is 14.6. The molecule has 55 heavy (non-hydrogen) atoms. The predicted octanol–water partition coefficient (Wildman–Crippen LogP) is 14.0. The fraction of sp³-hybridized carbons (Fsp3) is 0. The van der Waals surface area contributed by atoms with Crippen LogP contribution in [-0.2, 0) is 0 Å². The van der Waals surface area contributed by atoms with Crippen LogP contribution in [0.15, 0.2) is 194 Å². The molecule has 0 bridgehead atoms. The second kappa shape index (κ2) is 11.6. The summed E-state index contributed by atoms with van der Waals surface area (Å²) in [5.41, 5.74) is 14.4. The number of rotatable bonds is 4. The van der Waals surface area contributed by atoms with Gasteiger partial charge in [0.25, 0.3) is 0 Å². The van der Waals surface area contributed by atoms with E-state index < -0.39 is 0 Å². The van der Waals surface area contributed by atoms with Gasteiger partial charge < -0.3 is 14.1 Å². The molecule has 0 aliphatic rings. The molecule has 3 nitrogen and oxygen atoms in total. The normalized spacial score (nSPS) is 12.0. The summed E-state index contributed by atoms with van der Waals surface area (Å²) in [4.78, 5) is 3.62. The number of hydrogen-bond acceptors (Lipinski definition) is 0. The summed E-state index contributed by atoms with van der Waals surface area (Å²) < 4.78 is 4.82. The lowest BCUT2D eigenvalue weighted by Gasteiger charge is -2.13. The average molecular weight is 700 g/mol. The number of aromatic amines is 1. The van der Waals surface area contributed by atoms with Crippen LogP contribution in [0.4, 0.5) is 0 Å². The van der Waals surface area contributed by atoms with Gasteiger partial charge in [0.2, 0.25) is 0 Å². The molecule has 0 saturated heterocycles. The van der Waals surface area contributed by atoms with E-state index in [-0.39, 0.29) is 0 Å². The zero-order valence-corrected chi connectivity index (χ0v) is 29.9. The Balaban J connectivity index is 0.991. The van der Waals surface area contributed by atoms with Crippen molar-refractivity contribution < 1.29 is 0 Å². The van der Waals surface area contributed by atoms with Crippen molar-refractivity contribution >= 4 is 76.2 Å². The maximum absolute atomic E-state index is 3.62. The average Bonchev–Trinajstić information content (AvgIpc) is 3.90. The lowest BCUT2D eigenvalue weighted by molar-refractivity contribution is 1.18. The SMILES string of the molecule is c1ccc(-n2c3ccccc3c3cc(-c4ccc5c(c4)c4ccccc4n5-c4cccc5cc(-c6ccc7c(c6)[nH]c6ccccc67)ccc45)ccc32)cc1. The van der Waals surface area contributed by atoms with Gasteiger partial charge in [0.05, 0.1) is 27.8 Å². The first-order chi connectivity index (χ1) is 27.3. The summed E-state index contributed by atoms with van der Waals surface area (Å²) in [6.45, 7) is 0. The number of fused-ring (bicyclic) bond motifs is 10. The summed E-state index contributed by atoms with van der Waals surface area (Å²) in [5.74, 6) is 0. The third kappa shape index (κ3) is 4.50. The van der Waals surface area contributed by atoms with E-state index in [0.717, 1.165) is 5.52 Å². The molecule has 12 rings (SSSR count). The summed E-state index contributed by atoms with van der Waals surface area (Å²) in [5, 5.41) is 9.99. The number of H-pyrrole nitrogens is 1. The highest BCUT2D eigenvalue weighted by Crippen LogP contribution is 2.40. The van der Waals surface area contributed by atoms with Gasteiger partial charge in [-0.1, -0.05) is 121 Å². The fourth-order valence-corrected chi connectivity index (χ4v) is 9.10. The van der Waals surface area contributed by atoms with Crippen molar-refractivity contribution in [3.05, 3.63) is 194 Å². The first-order valence-electron chi connectivity index (χ1n) is 18.9. The van der Waals surface area contributed by atoms with Gasteiger partial charge >= 0.3 is 0 Å². The van der Waals surface area contributed by atoms with Gasteiger partial charge in [0.1, 0.15) is 0 Å². The molecule has 3 heterocycles. The molecule has 12 aromatic rings. The van der Waals surface area contributed by atoms with Crippen molar-refractivity contribution in [2.24, 2.45) is 0 Å². The lowest BCUT2D eigenvalue weighted by Crippen LogP contribution is -1.95. The molecule has 3 aromatic heterocycles. The van der Waals surface area contributed by atoms with Crippen LogP contribution in [0.5, 0.6) is 0 Å². The topological polar surface area (TPSA) is 25.6 Å². The van der Waals surface area contributed by atoms with Gasteiger partial charge in [-0.15, -0.1) is 0 Å². The molecule has 0 aliphatic heterocycles. The van der Waals surface area contributed by atoms with Crippen LogP contribution in [0.25, 0.3) is 110 Å². The van der Waals surface area contributed by atoms with Crippen molar-refractivity contribution in [3.8, 4) is 33.6 Å². The van der Waals surface area contributed by atoms with Gasteiger partial charge in [-0.3, -0.25) is 0 Å². The van der Waals surface area contributed by atoms with E-state index in [1.807, 2.05) is 0 Å². The number of aromatic nitrogens is 3. The van der Waals surface area contributed by atoms with Crippen molar-refractivity contribution in [1.82, 2.24) is 14.1 Å². The standard InChI is InChI=1S/C52H33N3/c1-2-12-38(13-3-1)54-49-18-8-5-15-42(49)44-30-34(23-27-51(44)54)35-24-28-52-45(31-35)43-16-6-9-19-50(43)55(52)48-20-10-11-37-29-33(21-25-39(37)48)36-22-26-41-40-14-4-7-17-46(40)53-47(41)32-36/h1-32,53H. The highest BCUT2D eigenvalue weighted by molar-refractivity contribution is 6.14. The van der Waals surface area contributed by atoms with Crippen molar-refractivity contribution in [3.63, 3.8) is 0 Å². The Bertz CT molecular complexity index is 3490. The van der Waals surface area contributed by atoms with Crippen LogP contribution >= 0.6 is 0 Å². The van der Waals surface area contributed by atoms with Gasteiger partial charge in [-0.2, -0.15) is 0 Å². The largest absolute Gasteiger partial charge is 0.354 e. The highest BCUT2D eigenvalue weighted by atomic mass is 15.0. The Labute approximate surface area is 316 Å². The van der Waals surface area contributed by atoms with E-state index in [4.69, 9.17) is 0 Å². The highest BCUT2D eigenvalue weighted by Gasteiger charge is 2.17. The van der Waals surface area contributed by atoms with E-state index in [9.17, 15) is 0 Å². The van der Waals surface area contributed by atoms with Crippen LogP contribution in [0.2, 0.25) is 0 Å². The Morgan fingerprint density at radius 1 is 0.291 bits per heavy atom. The second-order valence-corrected chi connectivity index (χ2v) is 14.6. The zero-order chi connectivity index (χ0) is 36.0. The van der Waals surface area contributed by atoms with E-state index in [2.05, 4.69) is 208 Å². The van der Waals surface area contributed by atoms with E-state index in [0.29, 0.717) is 0 Å². The summed E-state index contributed by atoms with van der Waals surface area (Å²) >= 11 is 0. The molecule has 0 saturated carbocycles. The molecular formula is C52H33N3. The summed E-state index contributed by atoms with van der Waals surface area (Å²) in [6, 6.07) is 71.0. The number of para-hydroxylation sites is 4. The maximum atomic E-state index is 3.62. The third-order valence-electron chi connectivity index (χ3n) is 11.6. The quantitative estimate of drug-likeness (QED) is 0.189. The molecule has 0 aliphatic carbocycles. The lowest BCUT2D eigenvalue weighted by atomic mass is 9.99. The molecule has 1 N–H and O–H groups in total. The van der Waals surface area contributed by atoms with Crippen LogP contribution in [0.1, 0.15) is 0 Å². The van der Waals surface area contributed by atoms with Crippen LogP contribution in [-0.4, -0.2) is 14.1 Å². The molecule has 0 unspecified atom stereocenters. The molecule has 3 heteroatoms. The zero-order valence-electron chi connectivity index (χ0n) is 29.9. The Hall–Kier alpha value is -7.36. The molecule has 9 aromatic carbocycles. The minimum Gasteiger partial charge on any atom is -0.354 e. The van der Waals surface area contributed by atoms with Gasteiger partial charge in [-0.25, -0.2) is 0 Å². The van der Waals surface area contributed by atoms with Crippen LogP contribution in [0, 0.1) is 0 Å². The van der Waals surface area contributed by atoms with E-state index in [1.54, 1.807) is 0 Å². The Morgan fingerprint density at radius 3 is 1.56 bits per heavy atom. The Kier molecular flexibility index (Phi) is 6.34. The van der Waals surface area contributed by atoms with Crippen molar-refractivity contribution in [1.29, 1.82) is 0 Å². The molecule has 0 atom stereocenters. The maximum Gasteiger partial charge on any atom is 0.0541 e. The van der Waals surface area contributed by atoms with Gasteiger partial charge in [0.15, 0.2) is 0 Å². The number of hydrogen-bond donors (Lipinski definition) is 1. The van der Waals surface area contributed by atoms with Crippen LogP contribution in [0.3, 0.4) is 0 Å². The summed E-state index contributed by atoms with van der Waals surface area (Å²) in [6.07, 6.45) is 0. The van der Waals surface area contributed by atoms with Gasteiger partial charge in [-0.05, 0) is 100 Å². The number of nitrogens with zero attached hydrogens (tertiary/aromatic N) is 2. The fourth-order valence-electron chi connectivity index (χ4n) is 9.10. The third-order valence-corrected chi connectivity index (χ3v) is 11.6. The molecule has 256 valence electrons. The number of nitrogens with one attached hydrogen (secondary N) is 1. The van der Waals surface area contributed by atoms with Crippen molar-refractivity contribution in [2.45, 2.75) is 0 Å². The van der Waals surface area contributed by atoms with E-state index >= 15 is 0 Å². The van der Waals surface area contributed by atoms with Crippen LogP contribution < -0.4 is 0 Å². The smallest absolute Gasteiger partial charge is 0.0541 e. The molecule has 0 amide bonds. The minimum atomic E-state index is 1.16. The molecule has 0 radical (unpaired) electrons. The molecular weight excluding hydrogens is 667 g/mol. The Morgan fingerprint density at radius 2 is 0.818 bits per heavy atom. The van der Waals surface area contributed by atoms with Crippen molar-refractivity contribution in [2.75, 3.05) is 0 Å². The first kappa shape index (κ1) is 30.1. The number of benzene rings is 9. The van der Waals surface area contributed by atoms with Gasteiger partial charge in [0, 0.05) is 54.4 Å². The molecule has 0 spiro atoms. The van der Waals surface area contributed by atoms with E-state index in [1.165, 1.54) is 104 Å². The minimum absolute atomic E-state index is 1.16. The monoisotopic (exact) mass is 699 g/mol.